The van der Waals surface area contributed by atoms with Crippen LogP contribution >= 0.6 is 12.6 Å². The maximum atomic E-state index is 12.7. The quantitative estimate of drug-likeness (QED) is 0.141. The van der Waals surface area contributed by atoms with E-state index in [1.807, 2.05) is 5.32 Å². The van der Waals surface area contributed by atoms with E-state index in [2.05, 4.69) is 23.3 Å². The van der Waals surface area contributed by atoms with Gasteiger partial charge >= 0.3 is 11.9 Å². The van der Waals surface area contributed by atoms with Crippen molar-refractivity contribution in [3.05, 3.63) is 0 Å². The van der Waals surface area contributed by atoms with Crippen molar-refractivity contribution in [3.63, 3.8) is 0 Å². The summed E-state index contributed by atoms with van der Waals surface area (Å²) in [6.07, 6.45) is -1.51. The second-order valence-corrected chi connectivity index (χ2v) is 7.24. The number of carboxylic acids is 2. The van der Waals surface area contributed by atoms with Gasteiger partial charge in [0.1, 0.15) is 24.2 Å². The Kier molecular flexibility index (Phi) is 12.0. The van der Waals surface area contributed by atoms with E-state index in [4.69, 9.17) is 15.9 Å². The number of aliphatic carboxylic acids is 2. The molecule has 0 aromatic heterocycles. The molecule has 0 saturated heterocycles. The number of carbonyl (C=O) groups excluding carboxylic acids is 3. The van der Waals surface area contributed by atoms with Gasteiger partial charge in [0, 0.05) is 5.75 Å². The molecule has 0 saturated carbocycles. The SMILES string of the molecule is CCC(C)C(NC(=O)C(N)C(C)O)C(=O)NC(CS)C(=O)NC(CC(=O)O)C(=O)O. The Balaban J connectivity index is 5.32. The number of nitrogens with one attached hydrogen (secondary N) is 3. The molecular formula is C17H30N4O8S. The normalized spacial score (nSPS) is 16.9. The average Bonchev–Trinajstić information content (AvgIpc) is 2.67. The largest absolute Gasteiger partial charge is 0.481 e. The number of aliphatic hydroxyl groups is 1. The second-order valence-electron chi connectivity index (χ2n) is 6.88. The maximum Gasteiger partial charge on any atom is 0.326 e. The highest BCUT2D eigenvalue weighted by Crippen LogP contribution is 2.09. The monoisotopic (exact) mass is 450 g/mol. The summed E-state index contributed by atoms with van der Waals surface area (Å²) in [5, 5.41) is 34.1. The number of carboxylic acid groups (broad SMARTS) is 2. The Bertz CT molecular complexity index is 645. The topological polar surface area (TPSA) is 208 Å². The second kappa shape index (κ2) is 13.0. The zero-order chi connectivity index (χ0) is 23.6. The summed E-state index contributed by atoms with van der Waals surface area (Å²) in [6.45, 7) is 4.78. The molecule has 8 N–H and O–H groups in total. The number of carbonyl (C=O) groups is 5. The van der Waals surface area contributed by atoms with Crippen LogP contribution in [0.1, 0.15) is 33.6 Å². The zero-order valence-corrected chi connectivity index (χ0v) is 17.9. The number of hydrogen-bond acceptors (Lipinski definition) is 8. The van der Waals surface area contributed by atoms with Crippen molar-refractivity contribution in [2.45, 2.75) is 63.9 Å². The first-order valence-corrected chi connectivity index (χ1v) is 9.89. The summed E-state index contributed by atoms with van der Waals surface area (Å²) in [5.41, 5.74) is 5.57. The van der Waals surface area contributed by atoms with Gasteiger partial charge in [-0.2, -0.15) is 12.6 Å². The Hall–Kier alpha value is -2.38. The highest BCUT2D eigenvalue weighted by atomic mass is 32.1. The highest BCUT2D eigenvalue weighted by molar-refractivity contribution is 7.80. The molecule has 0 aromatic carbocycles. The molecule has 0 radical (unpaired) electrons. The van der Waals surface area contributed by atoms with Crippen LogP contribution in [0, 0.1) is 5.92 Å². The zero-order valence-electron chi connectivity index (χ0n) is 17.0. The van der Waals surface area contributed by atoms with Crippen LogP contribution in [0.15, 0.2) is 0 Å². The summed E-state index contributed by atoms with van der Waals surface area (Å²) in [5.74, 6) is -6.00. The number of nitrogens with two attached hydrogens (primary N) is 1. The third kappa shape index (κ3) is 8.97. The molecule has 0 aliphatic carbocycles. The molecule has 30 heavy (non-hydrogen) atoms. The Morgan fingerprint density at radius 2 is 1.47 bits per heavy atom. The molecule has 6 atom stereocenters. The van der Waals surface area contributed by atoms with E-state index in [1.165, 1.54) is 6.92 Å². The molecule has 0 rings (SSSR count). The lowest BCUT2D eigenvalue weighted by molar-refractivity contribution is -0.147. The van der Waals surface area contributed by atoms with Gasteiger partial charge in [0.05, 0.1) is 12.5 Å². The van der Waals surface area contributed by atoms with Crippen molar-refractivity contribution < 1.29 is 39.3 Å². The van der Waals surface area contributed by atoms with Gasteiger partial charge in [-0.3, -0.25) is 19.2 Å². The van der Waals surface area contributed by atoms with Gasteiger partial charge in [-0.05, 0) is 12.8 Å². The predicted molar refractivity (Wildman–Crippen MR) is 109 cm³/mol. The third-order valence-corrected chi connectivity index (χ3v) is 4.79. The first-order valence-electron chi connectivity index (χ1n) is 9.25. The van der Waals surface area contributed by atoms with Crippen LogP contribution in [0.4, 0.5) is 0 Å². The summed E-state index contributed by atoms with van der Waals surface area (Å²) >= 11 is 3.97. The minimum absolute atomic E-state index is 0.217. The lowest BCUT2D eigenvalue weighted by atomic mass is 9.97. The number of thiol groups is 1. The van der Waals surface area contributed by atoms with Crippen LogP contribution in [0.2, 0.25) is 0 Å². The van der Waals surface area contributed by atoms with Crippen molar-refractivity contribution in [2.24, 2.45) is 11.7 Å². The van der Waals surface area contributed by atoms with Gasteiger partial charge in [-0.15, -0.1) is 0 Å². The molecule has 0 spiro atoms. The Morgan fingerprint density at radius 3 is 1.87 bits per heavy atom. The van der Waals surface area contributed by atoms with Crippen LogP contribution in [0.3, 0.4) is 0 Å². The van der Waals surface area contributed by atoms with Crippen LogP contribution < -0.4 is 21.7 Å². The van der Waals surface area contributed by atoms with Gasteiger partial charge in [0.15, 0.2) is 0 Å². The van der Waals surface area contributed by atoms with Crippen molar-refractivity contribution >= 4 is 42.3 Å². The van der Waals surface area contributed by atoms with Crippen molar-refractivity contribution in [2.75, 3.05) is 5.75 Å². The predicted octanol–water partition coefficient (Wildman–Crippen LogP) is -2.32. The Morgan fingerprint density at radius 1 is 0.933 bits per heavy atom. The van der Waals surface area contributed by atoms with Crippen molar-refractivity contribution in [3.8, 4) is 0 Å². The maximum absolute atomic E-state index is 12.7. The number of amides is 3. The van der Waals surface area contributed by atoms with E-state index in [9.17, 15) is 29.1 Å². The molecule has 0 fully saturated rings. The molecule has 12 nitrogen and oxygen atoms in total. The minimum Gasteiger partial charge on any atom is -0.481 e. The van der Waals surface area contributed by atoms with E-state index in [-0.39, 0.29) is 11.7 Å². The molecule has 172 valence electrons. The number of aliphatic hydroxyl groups excluding tert-OH is 1. The van der Waals surface area contributed by atoms with E-state index >= 15 is 0 Å². The molecule has 6 unspecified atom stereocenters. The van der Waals surface area contributed by atoms with Crippen LogP contribution in [-0.4, -0.2) is 81.0 Å². The van der Waals surface area contributed by atoms with Gasteiger partial charge < -0.3 is 37.0 Å². The van der Waals surface area contributed by atoms with E-state index in [0.29, 0.717) is 6.42 Å². The van der Waals surface area contributed by atoms with Crippen LogP contribution in [0.5, 0.6) is 0 Å². The summed E-state index contributed by atoms with van der Waals surface area (Å²) in [6, 6.07) is -5.33. The first kappa shape index (κ1) is 27.6. The molecule has 0 heterocycles. The van der Waals surface area contributed by atoms with E-state index in [1.54, 1.807) is 13.8 Å². The molecule has 0 bridgehead atoms. The third-order valence-electron chi connectivity index (χ3n) is 4.42. The Labute approximate surface area is 179 Å². The molecule has 0 aliphatic rings. The van der Waals surface area contributed by atoms with E-state index in [0.717, 1.165) is 0 Å². The van der Waals surface area contributed by atoms with Crippen molar-refractivity contribution in [1.82, 2.24) is 16.0 Å². The van der Waals surface area contributed by atoms with E-state index < -0.39 is 66.4 Å². The standard InChI is InChI=1S/C17H30N4O8S/c1-4-7(2)13(21-15(26)12(18)8(3)22)16(27)20-10(6-30)14(25)19-9(17(28)29)5-11(23)24/h7-10,12-13,22,30H,4-6,18H2,1-3H3,(H,19,25)(H,20,27)(H,21,26)(H,23,24)(H,28,29). The van der Waals surface area contributed by atoms with Crippen LogP contribution in [-0.2, 0) is 24.0 Å². The van der Waals surface area contributed by atoms with Gasteiger partial charge in [0.25, 0.3) is 0 Å². The lowest BCUT2D eigenvalue weighted by Gasteiger charge is -2.27. The smallest absolute Gasteiger partial charge is 0.326 e. The van der Waals surface area contributed by atoms with Crippen molar-refractivity contribution in [1.29, 1.82) is 0 Å². The van der Waals surface area contributed by atoms with Gasteiger partial charge in [-0.1, -0.05) is 20.3 Å². The fraction of sp³-hybridized carbons (Fsp3) is 0.706. The molecule has 0 aromatic rings. The molecule has 0 aliphatic heterocycles. The number of hydrogen-bond donors (Lipinski definition) is 8. The summed E-state index contributed by atoms with van der Waals surface area (Å²) < 4.78 is 0. The van der Waals surface area contributed by atoms with Gasteiger partial charge in [-0.25, -0.2) is 4.79 Å². The lowest BCUT2D eigenvalue weighted by Crippen LogP contribution is -2.60. The highest BCUT2D eigenvalue weighted by Gasteiger charge is 2.33. The average molecular weight is 451 g/mol. The molecular weight excluding hydrogens is 420 g/mol. The number of rotatable bonds is 13. The summed E-state index contributed by atoms with van der Waals surface area (Å²) in [4.78, 5) is 59.0. The van der Waals surface area contributed by atoms with Crippen LogP contribution in [0.25, 0.3) is 0 Å². The molecule has 13 heteroatoms. The molecule has 3 amide bonds. The fourth-order valence-electron chi connectivity index (χ4n) is 2.27. The summed E-state index contributed by atoms with van der Waals surface area (Å²) in [7, 11) is 0. The van der Waals surface area contributed by atoms with Gasteiger partial charge in [0.2, 0.25) is 17.7 Å². The minimum atomic E-state index is -1.69. The fourth-order valence-corrected chi connectivity index (χ4v) is 2.53. The first-order chi connectivity index (χ1) is 13.8.